The second kappa shape index (κ2) is 4.07. The molecule has 2 aromatic rings. The zero-order chi connectivity index (χ0) is 11.7. The summed E-state index contributed by atoms with van der Waals surface area (Å²) in [5, 5.41) is 9.06. The monoisotopic (exact) mass is 240 g/mol. The minimum atomic E-state index is -0.961. The molecule has 84 valence electrons. The minimum Gasteiger partial charge on any atom is -0.481 e. The molecule has 6 nitrogen and oxygen atoms in total. The van der Waals surface area contributed by atoms with Crippen LogP contribution in [-0.4, -0.2) is 25.4 Å². The fraction of sp³-hybridized carbons (Fsp3) is 0.222. The first kappa shape index (κ1) is 10.8. The molecule has 1 unspecified atom stereocenters. The summed E-state index contributed by atoms with van der Waals surface area (Å²) in [4.78, 5) is 18.5. The normalized spacial score (nSPS) is 12.9. The number of aliphatic carboxylic acids is 1. The quantitative estimate of drug-likeness (QED) is 0.830. The molecule has 0 aliphatic heterocycles. The topological polar surface area (TPSA) is 93.5 Å². The standard InChI is InChI=1S/C9H9ClN4O2/c10-5-2-12-4-14-7(3-13-9(5)14)6(11)1-8(15)16/h2-4,6H,1,11H2,(H,15,16). The first-order valence-electron chi connectivity index (χ1n) is 4.53. The molecule has 3 N–H and O–H groups in total. The van der Waals surface area contributed by atoms with Crippen molar-refractivity contribution in [3.63, 3.8) is 0 Å². The van der Waals surface area contributed by atoms with Gasteiger partial charge in [-0.25, -0.2) is 9.97 Å². The van der Waals surface area contributed by atoms with Crippen LogP contribution in [0, 0.1) is 0 Å². The minimum absolute atomic E-state index is 0.166. The number of nitrogens with two attached hydrogens (primary N) is 1. The maximum absolute atomic E-state index is 10.6. The van der Waals surface area contributed by atoms with Gasteiger partial charge in [0.15, 0.2) is 5.65 Å². The van der Waals surface area contributed by atoms with Crippen molar-refractivity contribution in [3.05, 3.63) is 29.4 Å². The lowest BCUT2D eigenvalue weighted by Gasteiger charge is -2.08. The molecule has 2 aromatic heterocycles. The number of hydrogen-bond donors (Lipinski definition) is 2. The van der Waals surface area contributed by atoms with Crippen LogP contribution in [0.4, 0.5) is 0 Å². The van der Waals surface area contributed by atoms with E-state index in [4.69, 9.17) is 22.4 Å². The first-order valence-corrected chi connectivity index (χ1v) is 4.91. The zero-order valence-corrected chi connectivity index (χ0v) is 8.92. The van der Waals surface area contributed by atoms with Crippen LogP contribution in [0.25, 0.3) is 5.65 Å². The number of imidazole rings is 1. The molecule has 2 rings (SSSR count). The number of aromatic nitrogens is 3. The molecule has 0 spiro atoms. The van der Waals surface area contributed by atoms with Crippen molar-refractivity contribution in [1.82, 2.24) is 14.4 Å². The highest BCUT2D eigenvalue weighted by Crippen LogP contribution is 2.20. The van der Waals surface area contributed by atoms with Gasteiger partial charge in [0.1, 0.15) is 11.3 Å². The van der Waals surface area contributed by atoms with E-state index in [9.17, 15) is 4.79 Å². The van der Waals surface area contributed by atoms with Crippen LogP contribution in [0.1, 0.15) is 18.2 Å². The molecule has 0 saturated heterocycles. The molecule has 0 aliphatic carbocycles. The Morgan fingerprint density at radius 2 is 2.38 bits per heavy atom. The van der Waals surface area contributed by atoms with Crippen molar-refractivity contribution in [3.8, 4) is 0 Å². The van der Waals surface area contributed by atoms with Crippen LogP contribution in [0.15, 0.2) is 18.7 Å². The van der Waals surface area contributed by atoms with Crippen LogP contribution in [0.2, 0.25) is 5.02 Å². The summed E-state index contributed by atoms with van der Waals surface area (Å²) in [6.07, 6.45) is 4.32. The molecule has 0 radical (unpaired) electrons. The smallest absolute Gasteiger partial charge is 0.305 e. The van der Waals surface area contributed by atoms with E-state index in [-0.39, 0.29) is 6.42 Å². The highest BCUT2D eigenvalue weighted by molar-refractivity contribution is 6.33. The van der Waals surface area contributed by atoms with Crippen LogP contribution in [0.3, 0.4) is 0 Å². The van der Waals surface area contributed by atoms with E-state index in [1.807, 2.05) is 0 Å². The predicted octanol–water partition coefficient (Wildman–Crippen LogP) is 0.857. The molecule has 0 saturated carbocycles. The number of nitrogens with zero attached hydrogens (tertiary/aromatic N) is 3. The third-order valence-electron chi connectivity index (χ3n) is 2.18. The van der Waals surface area contributed by atoms with E-state index in [1.165, 1.54) is 18.7 Å². The number of hydrogen-bond acceptors (Lipinski definition) is 4. The van der Waals surface area contributed by atoms with Gasteiger partial charge in [0.25, 0.3) is 0 Å². The molecule has 0 aliphatic rings. The van der Waals surface area contributed by atoms with E-state index in [0.717, 1.165) is 0 Å². The average Bonchev–Trinajstić information content (AvgIpc) is 2.61. The molecule has 7 heteroatoms. The molecule has 2 heterocycles. The Hall–Kier alpha value is -1.66. The molecule has 16 heavy (non-hydrogen) atoms. The van der Waals surface area contributed by atoms with Gasteiger partial charge >= 0.3 is 5.97 Å². The SMILES string of the molecule is NC(CC(=O)O)c1cnc2c(Cl)cncn12. The Balaban J connectivity index is 2.46. The highest BCUT2D eigenvalue weighted by Gasteiger charge is 2.16. The maximum atomic E-state index is 10.6. The van der Waals surface area contributed by atoms with Crippen LogP contribution < -0.4 is 5.73 Å². The summed E-state index contributed by atoms with van der Waals surface area (Å²) >= 11 is 5.88. The lowest BCUT2D eigenvalue weighted by molar-refractivity contribution is -0.137. The molecule has 1 atom stereocenters. The van der Waals surface area contributed by atoms with E-state index in [1.54, 1.807) is 4.40 Å². The summed E-state index contributed by atoms with van der Waals surface area (Å²) in [7, 11) is 0. The highest BCUT2D eigenvalue weighted by atomic mass is 35.5. The third-order valence-corrected chi connectivity index (χ3v) is 2.45. The molecular weight excluding hydrogens is 232 g/mol. The van der Waals surface area contributed by atoms with Gasteiger partial charge in [-0.1, -0.05) is 11.6 Å². The van der Waals surface area contributed by atoms with E-state index in [0.29, 0.717) is 16.4 Å². The first-order chi connectivity index (χ1) is 7.59. The van der Waals surface area contributed by atoms with E-state index >= 15 is 0 Å². The summed E-state index contributed by atoms with van der Waals surface area (Å²) < 4.78 is 1.59. The van der Waals surface area contributed by atoms with Crippen LogP contribution >= 0.6 is 11.6 Å². The second-order valence-electron chi connectivity index (χ2n) is 3.32. The van der Waals surface area contributed by atoms with Gasteiger partial charge in [0.05, 0.1) is 30.6 Å². The van der Waals surface area contributed by atoms with Crippen molar-refractivity contribution < 1.29 is 9.90 Å². The van der Waals surface area contributed by atoms with Crippen LogP contribution in [-0.2, 0) is 4.79 Å². The molecule has 0 aromatic carbocycles. The largest absolute Gasteiger partial charge is 0.481 e. The fourth-order valence-corrected chi connectivity index (χ4v) is 1.66. The van der Waals surface area contributed by atoms with Gasteiger partial charge in [-0.2, -0.15) is 0 Å². The Kier molecular flexibility index (Phi) is 2.76. The fourth-order valence-electron chi connectivity index (χ4n) is 1.46. The molecule has 0 bridgehead atoms. The summed E-state index contributed by atoms with van der Waals surface area (Å²) in [5.41, 5.74) is 6.84. The van der Waals surface area contributed by atoms with Crippen molar-refractivity contribution in [1.29, 1.82) is 0 Å². The predicted molar refractivity (Wildman–Crippen MR) is 57.2 cm³/mol. The summed E-state index contributed by atoms with van der Waals surface area (Å²) in [6.45, 7) is 0. The summed E-state index contributed by atoms with van der Waals surface area (Å²) in [5.74, 6) is -0.961. The number of carboxylic acid groups (broad SMARTS) is 1. The van der Waals surface area contributed by atoms with Gasteiger partial charge < -0.3 is 10.8 Å². The zero-order valence-electron chi connectivity index (χ0n) is 8.17. The Morgan fingerprint density at radius 3 is 3.06 bits per heavy atom. The van der Waals surface area contributed by atoms with E-state index in [2.05, 4.69) is 9.97 Å². The van der Waals surface area contributed by atoms with Gasteiger partial charge in [0.2, 0.25) is 0 Å². The third kappa shape index (κ3) is 1.84. The lowest BCUT2D eigenvalue weighted by atomic mass is 10.2. The van der Waals surface area contributed by atoms with Crippen LogP contribution in [0.5, 0.6) is 0 Å². The van der Waals surface area contributed by atoms with Gasteiger partial charge in [0, 0.05) is 0 Å². The number of rotatable bonds is 3. The maximum Gasteiger partial charge on any atom is 0.305 e. The number of carboxylic acids is 1. The number of carbonyl (C=O) groups is 1. The van der Waals surface area contributed by atoms with Crippen molar-refractivity contribution in [2.75, 3.05) is 0 Å². The second-order valence-corrected chi connectivity index (χ2v) is 3.73. The molecule has 0 fully saturated rings. The Labute approximate surface area is 95.7 Å². The average molecular weight is 241 g/mol. The Bertz CT molecular complexity index is 539. The summed E-state index contributed by atoms with van der Waals surface area (Å²) in [6, 6.07) is -0.632. The molecular formula is C9H9ClN4O2. The van der Waals surface area contributed by atoms with Crippen molar-refractivity contribution in [2.24, 2.45) is 5.73 Å². The molecule has 0 amide bonds. The van der Waals surface area contributed by atoms with Crippen molar-refractivity contribution in [2.45, 2.75) is 12.5 Å². The van der Waals surface area contributed by atoms with E-state index < -0.39 is 12.0 Å². The van der Waals surface area contributed by atoms with Gasteiger partial charge in [-0.15, -0.1) is 0 Å². The number of halogens is 1. The van der Waals surface area contributed by atoms with Gasteiger partial charge in [-0.3, -0.25) is 9.20 Å². The Morgan fingerprint density at radius 1 is 1.62 bits per heavy atom. The van der Waals surface area contributed by atoms with Crippen molar-refractivity contribution >= 4 is 23.2 Å². The lowest BCUT2D eigenvalue weighted by Crippen LogP contribution is -2.16. The van der Waals surface area contributed by atoms with Gasteiger partial charge in [-0.05, 0) is 0 Å². The number of fused-ring (bicyclic) bond motifs is 1.